The fraction of sp³-hybridized carbons (Fsp3) is 0.571. The number of rotatable bonds is 5. The van der Waals surface area contributed by atoms with E-state index in [9.17, 15) is 0 Å². The number of hydrogen-bond acceptors (Lipinski definition) is 3. The van der Waals surface area contributed by atoms with Gasteiger partial charge in [0, 0.05) is 25.2 Å². The first-order valence-corrected chi connectivity index (χ1v) is 6.60. The van der Waals surface area contributed by atoms with E-state index in [1.54, 1.807) is 0 Å². The third-order valence-electron chi connectivity index (χ3n) is 3.44. The van der Waals surface area contributed by atoms with Crippen molar-refractivity contribution in [1.82, 2.24) is 20.1 Å². The van der Waals surface area contributed by atoms with Crippen LogP contribution in [0.3, 0.4) is 0 Å². The van der Waals surface area contributed by atoms with Crippen LogP contribution in [-0.2, 0) is 13.6 Å². The Morgan fingerprint density at radius 3 is 2.94 bits per heavy atom. The largest absolute Gasteiger partial charge is 0.312 e. The van der Waals surface area contributed by atoms with Crippen molar-refractivity contribution in [3.8, 4) is 0 Å². The van der Waals surface area contributed by atoms with E-state index in [1.165, 1.54) is 12.0 Å². The molecule has 0 aliphatic heterocycles. The molecule has 0 aliphatic carbocycles. The van der Waals surface area contributed by atoms with Crippen LogP contribution in [0.25, 0.3) is 11.0 Å². The zero-order valence-electron chi connectivity index (χ0n) is 11.7. The van der Waals surface area contributed by atoms with Gasteiger partial charge in [-0.05, 0) is 31.0 Å². The maximum absolute atomic E-state index is 4.48. The molecule has 0 saturated carbocycles. The van der Waals surface area contributed by atoms with E-state index in [1.807, 2.05) is 24.9 Å². The van der Waals surface area contributed by atoms with Gasteiger partial charge in [0.05, 0.1) is 5.69 Å². The average molecular weight is 246 g/mol. The van der Waals surface area contributed by atoms with Crippen LogP contribution in [0, 0.1) is 12.8 Å². The minimum Gasteiger partial charge on any atom is -0.312 e. The van der Waals surface area contributed by atoms with Crippen molar-refractivity contribution in [2.24, 2.45) is 13.0 Å². The minimum atomic E-state index is 0.724. The van der Waals surface area contributed by atoms with Gasteiger partial charge in [-0.2, -0.15) is 5.10 Å². The van der Waals surface area contributed by atoms with Gasteiger partial charge in [0.15, 0.2) is 5.65 Å². The molecule has 98 valence electrons. The van der Waals surface area contributed by atoms with E-state index in [2.05, 4.69) is 35.3 Å². The molecule has 0 amide bonds. The molecule has 1 atom stereocenters. The molecule has 2 aromatic rings. The molecule has 2 rings (SSSR count). The van der Waals surface area contributed by atoms with Gasteiger partial charge in [0.25, 0.3) is 0 Å². The minimum absolute atomic E-state index is 0.724. The monoisotopic (exact) mass is 246 g/mol. The Kier molecular flexibility index (Phi) is 3.97. The van der Waals surface area contributed by atoms with Gasteiger partial charge in [-0.1, -0.05) is 20.3 Å². The molecular formula is C14H22N4. The van der Waals surface area contributed by atoms with E-state index < -0.39 is 0 Å². The van der Waals surface area contributed by atoms with Gasteiger partial charge in [0.2, 0.25) is 0 Å². The lowest BCUT2D eigenvalue weighted by Crippen LogP contribution is -2.20. The zero-order valence-corrected chi connectivity index (χ0v) is 11.7. The summed E-state index contributed by atoms with van der Waals surface area (Å²) in [5.41, 5.74) is 3.23. The third-order valence-corrected chi connectivity index (χ3v) is 3.44. The lowest BCUT2D eigenvalue weighted by molar-refractivity contribution is 0.500. The Morgan fingerprint density at radius 2 is 2.22 bits per heavy atom. The van der Waals surface area contributed by atoms with Gasteiger partial charge in [0.1, 0.15) is 0 Å². The molecular weight excluding hydrogens is 224 g/mol. The first-order valence-electron chi connectivity index (χ1n) is 6.60. The first-order chi connectivity index (χ1) is 8.61. The summed E-state index contributed by atoms with van der Waals surface area (Å²) in [6, 6.07) is 2.19. The topological polar surface area (TPSA) is 42.7 Å². The van der Waals surface area contributed by atoms with E-state index in [0.717, 1.165) is 35.7 Å². The van der Waals surface area contributed by atoms with E-state index >= 15 is 0 Å². The average Bonchev–Trinajstić information content (AvgIpc) is 2.64. The molecule has 1 unspecified atom stereocenters. The first kappa shape index (κ1) is 13.0. The van der Waals surface area contributed by atoms with Crippen molar-refractivity contribution in [2.45, 2.75) is 33.7 Å². The Balaban J connectivity index is 2.08. The van der Waals surface area contributed by atoms with Crippen LogP contribution >= 0.6 is 0 Å². The van der Waals surface area contributed by atoms with Crippen LogP contribution in [0.1, 0.15) is 31.5 Å². The summed E-state index contributed by atoms with van der Waals surface area (Å²) in [6.07, 6.45) is 3.15. The SMILES string of the molecule is CCC(C)CNCc1cnc2c(c1)c(C)nn2C. The highest BCUT2D eigenvalue weighted by molar-refractivity contribution is 5.78. The maximum atomic E-state index is 4.48. The van der Waals surface area contributed by atoms with Crippen LogP contribution in [0.4, 0.5) is 0 Å². The molecule has 2 heterocycles. The van der Waals surface area contributed by atoms with E-state index in [-0.39, 0.29) is 0 Å². The third kappa shape index (κ3) is 2.70. The smallest absolute Gasteiger partial charge is 0.157 e. The highest BCUT2D eigenvalue weighted by atomic mass is 15.3. The molecule has 0 radical (unpaired) electrons. The Morgan fingerprint density at radius 1 is 1.44 bits per heavy atom. The number of nitrogens with one attached hydrogen (secondary N) is 1. The van der Waals surface area contributed by atoms with Crippen LogP contribution < -0.4 is 5.32 Å². The fourth-order valence-electron chi connectivity index (χ4n) is 2.06. The fourth-order valence-corrected chi connectivity index (χ4v) is 2.06. The van der Waals surface area contributed by atoms with Crippen molar-refractivity contribution >= 4 is 11.0 Å². The Hall–Kier alpha value is -1.42. The highest BCUT2D eigenvalue weighted by Crippen LogP contribution is 2.16. The molecule has 0 fully saturated rings. The molecule has 0 spiro atoms. The number of hydrogen-bond donors (Lipinski definition) is 1. The molecule has 0 saturated heterocycles. The molecule has 0 aliphatic rings. The number of aromatic nitrogens is 3. The van der Waals surface area contributed by atoms with Crippen molar-refractivity contribution < 1.29 is 0 Å². The van der Waals surface area contributed by atoms with Crippen LogP contribution in [0.2, 0.25) is 0 Å². The lowest BCUT2D eigenvalue weighted by atomic mass is 10.1. The second-order valence-corrected chi connectivity index (χ2v) is 5.07. The molecule has 18 heavy (non-hydrogen) atoms. The number of fused-ring (bicyclic) bond motifs is 1. The second-order valence-electron chi connectivity index (χ2n) is 5.07. The van der Waals surface area contributed by atoms with Gasteiger partial charge in [-0.3, -0.25) is 4.68 Å². The van der Waals surface area contributed by atoms with Crippen molar-refractivity contribution in [3.63, 3.8) is 0 Å². The number of aryl methyl sites for hydroxylation is 2. The van der Waals surface area contributed by atoms with E-state index in [4.69, 9.17) is 0 Å². The predicted molar refractivity (Wildman–Crippen MR) is 74.4 cm³/mol. The standard InChI is InChI=1S/C14H22N4/c1-5-10(2)7-15-8-12-6-13-11(3)17-18(4)14(13)16-9-12/h6,9-10,15H,5,7-8H2,1-4H3. The van der Waals surface area contributed by atoms with Crippen molar-refractivity contribution in [1.29, 1.82) is 0 Å². The molecule has 4 nitrogen and oxygen atoms in total. The maximum Gasteiger partial charge on any atom is 0.157 e. The Bertz CT molecular complexity index is 530. The molecule has 1 N–H and O–H groups in total. The quantitative estimate of drug-likeness (QED) is 0.881. The second kappa shape index (κ2) is 5.48. The Labute approximate surface area is 108 Å². The number of nitrogens with zero attached hydrogens (tertiary/aromatic N) is 3. The van der Waals surface area contributed by atoms with Gasteiger partial charge >= 0.3 is 0 Å². The zero-order chi connectivity index (χ0) is 13.1. The summed E-state index contributed by atoms with van der Waals surface area (Å²) >= 11 is 0. The number of pyridine rings is 1. The predicted octanol–water partition coefficient (Wildman–Crippen LogP) is 2.41. The van der Waals surface area contributed by atoms with Crippen LogP contribution in [0.15, 0.2) is 12.3 Å². The summed E-state index contributed by atoms with van der Waals surface area (Å²) in [6.45, 7) is 8.45. The van der Waals surface area contributed by atoms with Crippen molar-refractivity contribution in [3.05, 3.63) is 23.5 Å². The summed E-state index contributed by atoms with van der Waals surface area (Å²) in [4.78, 5) is 4.48. The summed E-state index contributed by atoms with van der Waals surface area (Å²) in [5, 5.41) is 9.02. The summed E-state index contributed by atoms with van der Waals surface area (Å²) < 4.78 is 1.83. The molecule has 2 aromatic heterocycles. The summed E-state index contributed by atoms with van der Waals surface area (Å²) in [7, 11) is 1.93. The van der Waals surface area contributed by atoms with Crippen LogP contribution in [-0.4, -0.2) is 21.3 Å². The molecule has 0 bridgehead atoms. The lowest BCUT2D eigenvalue weighted by Gasteiger charge is -2.09. The molecule has 0 aromatic carbocycles. The van der Waals surface area contributed by atoms with Gasteiger partial charge in [-0.25, -0.2) is 4.98 Å². The van der Waals surface area contributed by atoms with Crippen LogP contribution in [0.5, 0.6) is 0 Å². The summed E-state index contributed by atoms with van der Waals surface area (Å²) in [5.74, 6) is 0.724. The van der Waals surface area contributed by atoms with E-state index in [0.29, 0.717) is 0 Å². The highest BCUT2D eigenvalue weighted by Gasteiger charge is 2.07. The van der Waals surface area contributed by atoms with Gasteiger partial charge in [-0.15, -0.1) is 0 Å². The molecule has 4 heteroatoms. The normalized spacial score (nSPS) is 13.1. The van der Waals surface area contributed by atoms with Gasteiger partial charge < -0.3 is 5.32 Å². The van der Waals surface area contributed by atoms with Crippen molar-refractivity contribution in [2.75, 3.05) is 6.54 Å².